The third kappa shape index (κ3) is 7.01. The highest BCUT2D eigenvalue weighted by molar-refractivity contribution is 7.93. The Morgan fingerprint density at radius 1 is 0.946 bits per heavy atom. The first-order chi connectivity index (χ1) is 17.7. The second kappa shape index (κ2) is 12.0. The van der Waals surface area contributed by atoms with Gasteiger partial charge in [-0.15, -0.1) is 0 Å². The Labute approximate surface area is 213 Å². The molecule has 0 aliphatic heterocycles. The van der Waals surface area contributed by atoms with Crippen molar-refractivity contribution in [2.45, 2.75) is 5.75 Å². The molecule has 0 atom stereocenters. The number of aliphatic imine (C=N–C) groups is 1. The Hall–Kier alpha value is -4.51. The molecule has 0 aliphatic rings. The van der Waals surface area contributed by atoms with Crippen LogP contribution in [0.15, 0.2) is 65.0 Å². The van der Waals surface area contributed by atoms with E-state index in [1.807, 2.05) is 0 Å². The van der Waals surface area contributed by atoms with Gasteiger partial charge in [0.15, 0.2) is 16.1 Å². The molecule has 3 rings (SSSR count). The van der Waals surface area contributed by atoms with Crippen LogP contribution in [0.2, 0.25) is 0 Å². The fourth-order valence-corrected chi connectivity index (χ4v) is 4.45. The minimum Gasteiger partial charge on any atom is -0.496 e. The Bertz CT molecular complexity index is 1440. The molecule has 0 amide bonds. The largest absolute Gasteiger partial charge is 0.496 e. The number of carbonyl (C=O) groups excluding carboxylic acids is 1. The molecule has 192 valence electrons. The van der Waals surface area contributed by atoms with E-state index >= 15 is 0 Å². The summed E-state index contributed by atoms with van der Waals surface area (Å²) in [5.74, 6) is 0.899. The number of sulfone groups is 1. The summed E-state index contributed by atoms with van der Waals surface area (Å²) in [6.45, 7) is 0. The van der Waals surface area contributed by atoms with Gasteiger partial charge in [-0.3, -0.25) is 19.9 Å². The van der Waals surface area contributed by atoms with Crippen LogP contribution >= 0.6 is 0 Å². The number of aldehydes is 1. The average molecular weight is 525 g/mol. The van der Waals surface area contributed by atoms with Crippen molar-refractivity contribution in [1.82, 2.24) is 0 Å². The zero-order valence-electron chi connectivity index (χ0n) is 20.3. The predicted molar refractivity (Wildman–Crippen MR) is 140 cm³/mol. The van der Waals surface area contributed by atoms with Gasteiger partial charge >= 0.3 is 0 Å². The molecule has 3 aromatic carbocycles. The number of rotatable bonds is 11. The zero-order chi connectivity index (χ0) is 27.0. The number of hydrogen-bond acceptors (Lipinski definition) is 9. The number of non-ortho nitro benzene ring substituents is 1. The molecule has 0 unspecified atom stereocenters. The van der Waals surface area contributed by atoms with Crippen molar-refractivity contribution in [1.29, 1.82) is 0 Å². The van der Waals surface area contributed by atoms with E-state index in [4.69, 9.17) is 14.2 Å². The first kappa shape index (κ1) is 27.1. The molecular weight excluding hydrogens is 500 g/mol. The van der Waals surface area contributed by atoms with Crippen LogP contribution in [0, 0.1) is 10.1 Å². The molecule has 0 aromatic heterocycles. The zero-order valence-corrected chi connectivity index (χ0v) is 21.1. The van der Waals surface area contributed by atoms with E-state index in [1.165, 1.54) is 76.1 Å². The highest BCUT2D eigenvalue weighted by atomic mass is 32.2. The smallest absolute Gasteiger partial charge is 0.269 e. The predicted octanol–water partition coefficient (Wildman–Crippen LogP) is 4.77. The van der Waals surface area contributed by atoms with E-state index in [0.29, 0.717) is 40.2 Å². The van der Waals surface area contributed by atoms with Crippen LogP contribution in [-0.4, -0.2) is 47.2 Å². The lowest BCUT2D eigenvalue weighted by Gasteiger charge is -2.12. The Kier molecular flexibility index (Phi) is 8.75. The lowest BCUT2D eigenvalue weighted by Crippen LogP contribution is -2.01. The van der Waals surface area contributed by atoms with Gasteiger partial charge in [-0.2, -0.15) is 0 Å². The molecule has 0 saturated carbocycles. The minimum absolute atomic E-state index is 0.0594. The van der Waals surface area contributed by atoms with E-state index < -0.39 is 14.8 Å². The van der Waals surface area contributed by atoms with Crippen molar-refractivity contribution < 1.29 is 32.3 Å². The number of hydrogen-bond donors (Lipinski definition) is 0. The number of methoxy groups -OCH3 is 3. The lowest BCUT2D eigenvalue weighted by atomic mass is 10.1. The van der Waals surface area contributed by atoms with Gasteiger partial charge in [0.25, 0.3) is 5.69 Å². The maximum Gasteiger partial charge on any atom is 0.269 e. The number of carbonyl (C=O) groups is 1. The van der Waals surface area contributed by atoms with Gasteiger partial charge in [0.05, 0.1) is 43.3 Å². The van der Waals surface area contributed by atoms with Crippen LogP contribution < -0.4 is 14.2 Å². The number of nitrogens with zero attached hydrogens (tertiary/aromatic N) is 2. The summed E-state index contributed by atoms with van der Waals surface area (Å²) in [6, 6.07) is 13.5. The molecule has 0 N–H and O–H groups in total. The first-order valence-electron chi connectivity index (χ1n) is 10.8. The Balaban J connectivity index is 1.86. The fourth-order valence-electron chi connectivity index (χ4n) is 3.37. The molecule has 0 radical (unpaired) electrons. The van der Waals surface area contributed by atoms with Gasteiger partial charge in [-0.1, -0.05) is 6.07 Å². The van der Waals surface area contributed by atoms with Crippen LogP contribution in [0.4, 0.5) is 11.4 Å². The number of benzene rings is 3. The van der Waals surface area contributed by atoms with Crippen molar-refractivity contribution >= 4 is 39.8 Å². The third-order valence-electron chi connectivity index (χ3n) is 5.24. The van der Waals surface area contributed by atoms with Crippen LogP contribution in [0.1, 0.15) is 27.0 Å². The quantitative estimate of drug-likeness (QED) is 0.152. The van der Waals surface area contributed by atoms with Gasteiger partial charge < -0.3 is 14.2 Å². The van der Waals surface area contributed by atoms with Gasteiger partial charge in [0.2, 0.25) is 0 Å². The maximum absolute atomic E-state index is 12.9. The molecular formula is C26H24N2O8S. The molecule has 10 nitrogen and oxygen atoms in total. The summed E-state index contributed by atoms with van der Waals surface area (Å²) >= 11 is 0. The summed E-state index contributed by atoms with van der Waals surface area (Å²) in [6.07, 6.45) is 3.44. The lowest BCUT2D eigenvalue weighted by molar-refractivity contribution is -0.384. The maximum atomic E-state index is 12.9. The van der Waals surface area contributed by atoms with Crippen LogP contribution in [0.3, 0.4) is 0 Å². The van der Waals surface area contributed by atoms with E-state index in [-0.39, 0.29) is 22.7 Å². The molecule has 0 spiro atoms. The van der Waals surface area contributed by atoms with Crippen molar-refractivity contribution in [3.05, 3.63) is 92.4 Å². The van der Waals surface area contributed by atoms with E-state index in [1.54, 1.807) is 12.1 Å². The average Bonchev–Trinajstić information content (AvgIpc) is 2.90. The molecule has 3 aromatic rings. The fraction of sp³-hybridized carbons (Fsp3) is 0.154. The van der Waals surface area contributed by atoms with Crippen LogP contribution in [0.25, 0.3) is 6.08 Å². The number of ether oxygens (including phenoxy) is 3. The van der Waals surface area contributed by atoms with Crippen LogP contribution in [-0.2, 0) is 15.6 Å². The van der Waals surface area contributed by atoms with Crippen LogP contribution in [0.5, 0.6) is 17.2 Å². The van der Waals surface area contributed by atoms with Crippen molar-refractivity contribution in [3.8, 4) is 17.2 Å². The highest BCUT2D eigenvalue weighted by Crippen LogP contribution is 2.35. The molecule has 0 heterocycles. The van der Waals surface area contributed by atoms with Gasteiger partial charge in [-0.25, -0.2) is 8.42 Å². The summed E-state index contributed by atoms with van der Waals surface area (Å²) in [7, 11) is 0.656. The summed E-state index contributed by atoms with van der Waals surface area (Å²) in [4.78, 5) is 26.0. The van der Waals surface area contributed by atoms with Crippen molar-refractivity contribution in [2.75, 3.05) is 21.3 Å². The third-order valence-corrected chi connectivity index (χ3v) is 6.53. The normalized spacial score (nSPS) is 11.5. The molecule has 0 saturated heterocycles. The Morgan fingerprint density at radius 2 is 1.59 bits per heavy atom. The summed E-state index contributed by atoms with van der Waals surface area (Å²) in [5, 5.41) is 11.9. The van der Waals surface area contributed by atoms with Gasteiger partial charge in [-0.05, 0) is 41.5 Å². The second-order valence-electron chi connectivity index (χ2n) is 7.67. The molecule has 0 fully saturated rings. The van der Waals surface area contributed by atoms with E-state index in [2.05, 4.69) is 4.99 Å². The molecule has 0 aliphatic carbocycles. The molecule has 37 heavy (non-hydrogen) atoms. The SMILES string of the molecule is COc1cc(OC)c(/C=C/S(=O)(=O)Cc2ccc(C=O)c(N=Cc3ccc([N+](=O)[O-])cc3)c2)c(OC)c1. The summed E-state index contributed by atoms with van der Waals surface area (Å²) in [5.41, 5.74) is 1.89. The topological polar surface area (TPSA) is 134 Å². The van der Waals surface area contributed by atoms with E-state index in [9.17, 15) is 23.3 Å². The highest BCUT2D eigenvalue weighted by Gasteiger charge is 2.14. The monoisotopic (exact) mass is 524 g/mol. The van der Waals surface area contributed by atoms with Gasteiger partial charge in [0.1, 0.15) is 17.2 Å². The van der Waals surface area contributed by atoms with E-state index in [0.717, 1.165) is 5.41 Å². The van der Waals surface area contributed by atoms with Crippen molar-refractivity contribution in [3.63, 3.8) is 0 Å². The number of nitro benzene ring substituents is 1. The minimum atomic E-state index is -3.74. The van der Waals surface area contributed by atoms with Crippen molar-refractivity contribution in [2.24, 2.45) is 4.99 Å². The standard InChI is InChI=1S/C26H24N2O8S/c1-34-22-13-25(35-2)23(26(14-22)36-3)10-11-37(32,33)17-19-4-7-20(16-29)24(12-19)27-15-18-5-8-21(9-6-18)28(30)31/h4-16H,17H2,1-3H3/b11-10+,27-15?. The number of nitro groups is 1. The molecule has 11 heteroatoms. The second-order valence-corrected chi connectivity index (χ2v) is 9.56. The first-order valence-corrected chi connectivity index (χ1v) is 12.5. The van der Waals surface area contributed by atoms with Gasteiger partial charge in [0, 0.05) is 41.5 Å². The Morgan fingerprint density at radius 3 is 2.14 bits per heavy atom. The summed E-state index contributed by atoms with van der Waals surface area (Å²) < 4.78 is 41.6. The molecule has 0 bridgehead atoms.